The highest BCUT2D eigenvalue weighted by Crippen LogP contribution is 2.29. The van der Waals surface area contributed by atoms with Crippen molar-refractivity contribution >= 4 is 22.9 Å². The highest BCUT2D eigenvalue weighted by molar-refractivity contribution is 7.11. The SMILES string of the molecule is Cc1ncc(C(O)c2ccc(C)c(Cl)c2)s1. The molecule has 0 aliphatic carbocycles. The summed E-state index contributed by atoms with van der Waals surface area (Å²) in [5.41, 5.74) is 1.82. The van der Waals surface area contributed by atoms with Crippen LogP contribution in [-0.4, -0.2) is 10.1 Å². The van der Waals surface area contributed by atoms with Crippen LogP contribution in [0.15, 0.2) is 24.4 Å². The smallest absolute Gasteiger partial charge is 0.115 e. The topological polar surface area (TPSA) is 33.1 Å². The number of hydrogen-bond acceptors (Lipinski definition) is 3. The van der Waals surface area contributed by atoms with Gasteiger partial charge in [-0.05, 0) is 31.0 Å². The number of thiazole rings is 1. The van der Waals surface area contributed by atoms with Crippen molar-refractivity contribution in [1.82, 2.24) is 4.98 Å². The maximum Gasteiger partial charge on any atom is 0.115 e. The number of rotatable bonds is 2. The summed E-state index contributed by atoms with van der Waals surface area (Å²) in [5.74, 6) is 0. The van der Waals surface area contributed by atoms with Crippen LogP contribution in [0, 0.1) is 13.8 Å². The van der Waals surface area contributed by atoms with Gasteiger partial charge in [-0.3, -0.25) is 0 Å². The lowest BCUT2D eigenvalue weighted by atomic mass is 10.1. The molecule has 4 heteroatoms. The van der Waals surface area contributed by atoms with Crippen molar-refractivity contribution in [2.75, 3.05) is 0 Å². The number of halogens is 1. The lowest BCUT2D eigenvalue weighted by Gasteiger charge is -2.09. The van der Waals surface area contributed by atoms with Gasteiger partial charge in [0.25, 0.3) is 0 Å². The molecule has 84 valence electrons. The summed E-state index contributed by atoms with van der Waals surface area (Å²) in [7, 11) is 0. The molecule has 0 aliphatic rings. The third kappa shape index (κ3) is 2.26. The minimum Gasteiger partial charge on any atom is -0.383 e. The van der Waals surface area contributed by atoms with Crippen LogP contribution in [0.1, 0.15) is 27.1 Å². The summed E-state index contributed by atoms with van der Waals surface area (Å²) in [6, 6.07) is 5.60. The molecule has 0 saturated carbocycles. The minimum absolute atomic E-state index is 0.635. The molecule has 1 aromatic carbocycles. The molecule has 16 heavy (non-hydrogen) atoms. The highest BCUT2D eigenvalue weighted by atomic mass is 35.5. The number of aryl methyl sites for hydroxylation is 2. The van der Waals surface area contributed by atoms with Gasteiger partial charge in [-0.2, -0.15) is 0 Å². The Morgan fingerprint density at radius 1 is 1.38 bits per heavy atom. The van der Waals surface area contributed by atoms with E-state index in [1.807, 2.05) is 26.0 Å². The molecular weight excluding hydrogens is 242 g/mol. The van der Waals surface area contributed by atoms with Crippen molar-refractivity contribution in [2.24, 2.45) is 0 Å². The Morgan fingerprint density at radius 3 is 2.69 bits per heavy atom. The molecule has 0 spiro atoms. The summed E-state index contributed by atoms with van der Waals surface area (Å²) >= 11 is 7.52. The predicted molar refractivity (Wildman–Crippen MR) is 67.1 cm³/mol. The number of aromatic nitrogens is 1. The summed E-state index contributed by atoms with van der Waals surface area (Å²) in [4.78, 5) is 4.97. The van der Waals surface area contributed by atoms with E-state index in [0.717, 1.165) is 21.0 Å². The van der Waals surface area contributed by atoms with Crippen LogP contribution in [0.25, 0.3) is 0 Å². The number of hydrogen-bond donors (Lipinski definition) is 1. The van der Waals surface area contributed by atoms with E-state index in [9.17, 15) is 5.11 Å². The zero-order chi connectivity index (χ0) is 11.7. The van der Waals surface area contributed by atoms with Crippen LogP contribution < -0.4 is 0 Å². The Kier molecular flexibility index (Phi) is 3.28. The van der Waals surface area contributed by atoms with E-state index in [-0.39, 0.29) is 0 Å². The van der Waals surface area contributed by atoms with Crippen LogP contribution >= 0.6 is 22.9 Å². The molecule has 0 bridgehead atoms. The maximum absolute atomic E-state index is 10.1. The van der Waals surface area contributed by atoms with E-state index < -0.39 is 6.10 Å². The Morgan fingerprint density at radius 2 is 2.12 bits per heavy atom. The standard InChI is InChI=1S/C12H12ClNOS/c1-7-3-4-9(5-10(7)13)12(15)11-6-14-8(2)16-11/h3-6,12,15H,1-2H3. The first kappa shape index (κ1) is 11.6. The molecule has 2 aromatic rings. The molecule has 2 rings (SSSR count). The highest BCUT2D eigenvalue weighted by Gasteiger charge is 2.13. The fourth-order valence-electron chi connectivity index (χ4n) is 1.45. The molecule has 1 N–H and O–H groups in total. The molecule has 0 saturated heterocycles. The molecule has 0 amide bonds. The lowest BCUT2D eigenvalue weighted by Crippen LogP contribution is -1.97. The number of aliphatic hydroxyl groups is 1. The Balaban J connectivity index is 2.33. The van der Waals surface area contributed by atoms with Gasteiger partial charge in [0.2, 0.25) is 0 Å². The fraction of sp³-hybridized carbons (Fsp3) is 0.250. The summed E-state index contributed by atoms with van der Waals surface area (Å²) in [6.07, 6.45) is 1.07. The van der Waals surface area contributed by atoms with Crippen LogP contribution in [0.4, 0.5) is 0 Å². The van der Waals surface area contributed by atoms with Gasteiger partial charge in [-0.15, -0.1) is 11.3 Å². The van der Waals surface area contributed by atoms with E-state index in [2.05, 4.69) is 4.98 Å². The Hall–Kier alpha value is -0.900. The van der Waals surface area contributed by atoms with Gasteiger partial charge in [-0.1, -0.05) is 23.7 Å². The van der Waals surface area contributed by atoms with Crippen molar-refractivity contribution in [3.05, 3.63) is 50.4 Å². The first-order chi connectivity index (χ1) is 7.58. The average molecular weight is 254 g/mol. The molecule has 0 fully saturated rings. The van der Waals surface area contributed by atoms with Crippen molar-refractivity contribution in [2.45, 2.75) is 20.0 Å². The minimum atomic E-state index is -0.635. The Bertz CT molecular complexity index is 509. The summed E-state index contributed by atoms with van der Waals surface area (Å²) in [6.45, 7) is 3.86. The van der Waals surface area contributed by atoms with Crippen molar-refractivity contribution in [1.29, 1.82) is 0 Å². The van der Waals surface area contributed by atoms with E-state index in [1.54, 1.807) is 12.3 Å². The average Bonchev–Trinajstić information content (AvgIpc) is 2.68. The molecule has 1 atom stereocenters. The van der Waals surface area contributed by atoms with E-state index in [1.165, 1.54) is 11.3 Å². The second-order valence-electron chi connectivity index (χ2n) is 3.69. The number of nitrogens with zero attached hydrogens (tertiary/aromatic N) is 1. The van der Waals surface area contributed by atoms with Crippen LogP contribution in [0.5, 0.6) is 0 Å². The van der Waals surface area contributed by atoms with Crippen molar-refractivity contribution < 1.29 is 5.11 Å². The second kappa shape index (κ2) is 4.53. The molecule has 0 radical (unpaired) electrons. The van der Waals surface area contributed by atoms with Gasteiger partial charge in [0.15, 0.2) is 0 Å². The summed E-state index contributed by atoms with van der Waals surface area (Å²) < 4.78 is 0. The molecule has 1 unspecified atom stereocenters. The summed E-state index contributed by atoms with van der Waals surface area (Å²) in [5, 5.41) is 11.8. The van der Waals surface area contributed by atoms with E-state index in [0.29, 0.717) is 5.02 Å². The second-order valence-corrected chi connectivity index (χ2v) is 5.37. The van der Waals surface area contributed by atoms with Gasteiger partial charge in [-0.25, -0.2) is 4.98 Å². The normalized spacial score (nSPS) is 12.8. The van der Waals surface area contributed by atoms with Crippen LogP contribution in [0.3, 0.4) is 0 Å². The van der Waals surface area contributed by atoms with Gasteiger partial charge in [0.05, 0.1) is 9.88 Å². The van der Waals surface area contributed by atoms with Gasteiger partial charge >= 0.3 is 0 Å². The number of aliphatic hydroxyl groups excluding tert-OH is 1. The van der Waals surface area contributed by atoms with Gasteiger partial charge < -0.3 is 5.11 Å². The van der Waals surface area contributed by atoms with E-state index in [4.69, 9.17) is 11.6 Å². The molecule has 1 aromatic heterocycles. The first-order valence-electron chi connectivity index (χ1n) is 4.94. The van der Waals surface area contributed by atoms with Crippen molar-refractivity contribution in [3.8, 4) is 0 Å². The van der Waals surface area contributed by atoms with Gasteiger partial charge in [0, 0.05) is 11.2 Å². The molecular formula is C12H12ClNOS. The zero-order valence-corrected chi connectivity index (χ0v) is 10.6. The maximum atomic E-state index is 10.1. The first-order valence-corrected chi connectivity index (χ1v) is 6.14. The predicted octanol–water partition coefficient (Wildman–Crippen LogP) is 3.50. The van der Waals surface area contributed by atoms with Crippen molar-refractivity contribution in [3.63, 3.8) is 0 Å². The molecule has 2 nitrogen and oxygen atoms in total. The zero-order valence-electron chi connectivity index (χ0n) is 9.07. The van der Waals surface area contributed by atoms with Gasteiger partial charge in [0.1, 0.15) is 6.10 Å². The third-order valence-electron chi connectivity index (χ3n) is 2.42. The van der Waals surface area contributed by atoms with E-state index >= 15 is 0 Å². The third-order valence-corrected chi connectivity index (χ3v) is 3.79. The Labute approximate surface area is 104 Å². The quantitative estimate of drug-likeness (QED) is 0.889. The largest absolute Gasteiger partial charge is 0.383 e. The molecule has 1 heterocycles. The molecule has 0 aliphatic heterocycles. The van der Waals surface area contributed by atoms with Crippen LogP contribution in [-0.2, 0) is 0 Å². The fourth-order valence-corrected chi connectivity index (χ4v) is 2.44. The monoisotopic (exact) mass is 253 g/mol. The van der Waals surface area contributed by atoms with Crippen LogP contribution in [0.2, 0.25) is 5.02 Å². The lowest BCUT2D eigenvalue weighted by molar-refractivity contribution is 0.224. The number of benzene rings is 1.